The fourth-order valence-electron chi connectivity index (χ4n) is 1.80. The molecule has 1 aromatic rings. The van der Waals surface area contributed by atoms with Crippen molar-refractivity contribution in [2.45, 2.75) is 13.3 Å². The van der Waals surface area contributed by atoms with E-state index < -0.39 is 0 Å². The van der Waals surface area contributed by atoms with E-state index in [0.717, 1.165) is 28.0 Å². The molecule has 0 atom stereocenters. The van der Waals surface area contributed by atoms with Gasteiger partial charge in [0.25, 0.3) is 0 Å². The first-order valence-electron chi connectivity index (χ1n) is 5.01. The fourth-order valence-corrected chi connectivity index (χ4v) is 2.51. The minimum atomic E-state index is 0.620. The largest absolute Gasteiger partial charge is 0.486 e. The van der Waals surface area contributed by atoms with Gasteiger partial charge in [-0.15, -0.1) is 0 Å². The number of nitrogens with two attached hydrogens (primary N) is 1. The molecule has 0 spiro atoms. The molecule has 15 heavy (non-hydrogen) atoms. The van der Waals surface area contributed by atoms with Gasteiger partial charge in [0.2, 0.25) is 0 Å². The van der Waals surface area contributed by atoms with E-state index in [1.54, 1.807) is 0 Å². The molecule has 1 aliphatic heterocycles. The summed E-state index contributed by atoms with van der Waals surface area (Å²) >= 11 is 3.54. The third kappa shape index (κ3) is 1.96. The van der Waals surface area contributed by atoms with Gasteiger partial charge < -0.3 is 15.2 Å². The molecular weight excluding hydrogens is 258 g/mol. The number of rotatable bonds is 2. The first-order valence-corrected chi connectivity index (χ1v) is 5.81. The molecule has 1 aromatic carbocycles. The summed E-state index contributed by atoms with van der Waals surface area (Å²) in [5.41, 5.74) is 7.92. The fraction of sp³-hybridized carbons (Fsp3) is 0.455. The maximum atomic E-state index is 5.61. The molecule has 0 radical (unpaired) electrons. The molecule has 4 heteroatoms. The minimum absolute atomic E-state index is 0.620. The first kappa shape index (κ1) is 10.8. The lowest BCUT2D eigenvalue weighted by atomic mass is 10.0. The predicted octanol–water partition coefficient (Wildman–Crippen LogP) is 2.03. The highest BCUT2D eigenvalue weighted by molar-refractivity contribution is 9.10. The maximum Gasteiger partial charge on any atom is 0.164 e. The van der Waals surface area contributed by atoms with E-state index in [1.165, 1.54) is 5.56 Å². The van der Waals surface area contributed by atoms with E-state index in [4.69, 9.17) is 15.2 Å². The molecule has 0 aliphatic carbocycles. The van der Waals surface area contributed by atoms with E-state index in [-0.39, 0.29) is 0 Å². The Hall–Kier alpha value is -0.740. The maximum absolute atomic E-state index is 5.61. The summed E-state index contributed by atoms with van der Waals surface area (Å²) in [6, 6.07) is 1.96. The van der Waals surface area contributed by atoms with Crippen molar-refractivity contribution in [1.29, 1.82) is 0 Å². The molecule has 0 unspecified atom stereocenters. The van der Waals surface area contributed by atoms with Gasteiger partial charge in [0, 0.05) is 4.47 Å². The number of hydrogen-bond acceptors (Lipinski definition) is 3. The molecule has 0 saturated carbocycles. The van der Waals surface area contributed by atoms with Crippen LogP contribution in [0.1, 0.15) is 11.1 Å². The highest BCUT2D eigenvalue weighted by Gasteiger charge is 2.18. The second-order valence-corrected chi connectivity index (χ2v) is 4.38. The Morgan fingerprint density at radius 2 is 2.13 bits per heavy atom. The second-order valence-electron chi connectivity index (χ2n) is 3.52. The summed E-state index contributed by atoms with van der Waals surface area (Å²) in [6.45, 7) is 3.93. The molecule has 0 amide bonds. The van der Waals surface area contributed by atoms with E-state index >= 15 is 0 Å². The highest BCUT2D eigenvalue weighted by Crippen LogP contribution is 2.39. The molecule has 0 fully saturated rings. The van der Waals surface area contributed by atoms with Gasteiger partial charge in [-0.2, -0.15) is 0 Å². The van der Waals surface area contributed by atoms with Gasteiger partial charge in [0.05, 0.1) is 0 Å². The molecule has 3 nitrogen and oxygen atoms in total. The molecular formula is C11H14BrNO2. The zero-order valence-electron chi connectivity index (χ0n) is 8.68. The van der Waals surface area contributed by atoms with Crippen LogP contribution in [0.5, 0.6) is 11.5 Å². The van der Waals surface area contributed by atoms with Crippen LogP contribution in [-0.4, -0.2) is 19.8 Å². The molecule has 2 rings (SSSR count). The molecule has 1 heterocycles. The van der Waals surface area contributed by atoms with Crippen molar-refractivity contribution in [3.05, 3.63) is 21.7 Å². The van der Waals surface area contributed by atoms with Crippen LogP contribution in [0.2, 0.25) is 0 Å². The van der Waals surface area contributed by atoms with Crippen LogP contribution in [0.15, 0.2) is 10.5 Å². The van der Waals surface area contributed by atoms with Gasteiger partial charge in [-0.25, -0.2) is 0 Å². The van der Waals surface area contributed by atoms with Crippen molar-refractivity contribution < 1.29 is 9.47 Å². The quantitative estimate of drug-likeness (QED) is 0.895. The molecule has 0 aromatic heterocycles. The summed E-state index contributed by atoms with van der Waals surface area (Å²) in [7, 11) is 0. The summed E-state index contributed by atoms with van der Waals surface area (Å²) in [4.78, 5) is 0. The number of hydrogen-bond donors (Lipinski definition) is 1. The zero-order chi connectivity index (χ0) is 10.8. The first-order chi connectivity index (χ1) is 7.24. The van der Waals surface area contributed by atoms with Gasteiger partial charge in [-0.05, 0) is 37.1 Å². The average Bonchev–Trinajstić information content (AvgIpc) is 2.24. The minimum Gasteiger partial charge on any atom is -0.486 e. The predicted molar refractivity (Wildman–Crippen MR) is 62.6 cm³/mol. The van der Waals surface area contributed by atoms with Crippen LogP contribution < -0.4 is 15.2 Å². The van der Waals surface area contributed by atoms with Gasteiger partial charge >= 0.3 is 0 Å². The topological polar surface area (TPSA) is 44.5 Å². The summed E-state index contributed by atoms with van der Waals surface area (Å²) in [6.07, 6.45) is 0.850. The van der Waals surface area contributed by atoms with Crippen LogP contribution in [-0.2, 0) is 6.42 Å². The SMILES string of the molecule is Cc1c(CCN)c(Br)cc2c1OCCO2. The molecule has 1 aliphatic rings. The monoisotopic (exact) mass is 271 g/mol. The van der Waals surface area contributed by atoms with Crippen molar-refractivity contribution in [3.63, 3.8) is 0 Å². The van der Waals surface area contributed by atoms with Crippen molar-refractivity contribution >= 4 is 15.9 Å². The second kappa shape index (κ2) is 4.41. The Balaban J connectivity index is 2.49. The Labute approximate surface area is 97.7 Å². The van der Waals surface area contributed by atoms with E-state index in [9.17, 15) is 0 Å². The highest BCUT2D eigenvalue weighted by atomic mass is 79.9. The summed E-state index contributed by atoms with van der Waals surface area (Å²) in [5, 5.41) is 0. The number of benzene rings is 1. The molecule has 0 saturated heterocycles. The number of halogens is 1. The number of fused-ring (bicyclic) bond motifs is 1. The van der Waals surface area contributed by atoms with Crippen molar-refractivity contribution in [2.75, 3.05) is 19.8 Å². The van der Waals surface area contributed by atoms with Gasteiger partial charge in [0.15, 0.2) is 11.5 Å². The lowest BCUT2D eigenvalue weighted by Crippen LogP contribution is -2.17. The molecule has 82 valence electrons. The smallest absolute Gasteiger partial charge is 0.164 e. The van der Waals surface area contributed by atoms with Gasteiger partial charge in [-0.3, -0.25) is 0 Å². The molecule has 2 N–H and O–H groups in total. The zero-order valence-corrected chi connectivity index (χ0v) is 10.3. The Kier molecular flexibility index (Phi) is 3.17. The van der Waals surface area contributed by atoms with Crippen molar-refractivity contribution in [1.82, 2.24) is 0 Å². The van der Waals surface area contributed by atoms with Crippen LogP contribution in [0.4, 0.5) is 0 Å². The lowest BCUT2D eigenvalue weighted by Gasteiger charge is -2.22. The average molecular weight is 272 g/mol. The van der Waals surface area contributed by atoms with Crippen LogP contribution >= 0.6 is 15.9 Å². The Bertz CT molecular complexity index is 379. The third-order valence-electron chi connectivity index (χ3n) is 2.54. The normalized spacial score (nSPS) is 14.1. The van der Waals surface area contributed by atoms with E-state index in [0.29, 0.717) is 19.8 Å². The van der Waals surface area contributed by atoms with Crippen LogP contribution in [0.3, 0.4) is 0 Å². The van der Waals surface area contributed by atoms with Crippen molar-refractivity contribution in [3.8, 4) is 11.5 Å². The van der Waals surface area contributed by atoms with Crippen molar-refractivity contribution in [2.24, 2.45) is 5.73 Å². The summed E-state index contributed by atoms with van der Waals surface area (Å²) in [5.74, 6) is 1.69. The lowest BCUT2D eigenvalue weighted by molar-refractivity contribution is 0.170. The Morgan fingerprint density at radius 1 is 1.40 bits per heavy atom. The number of ether oxygens (including phenoxy) is 2. The van der Waals surface area contributed by atoms with E-state index in [2.05, 4.69) is 15.9 Å². The third-order valence-corrected chi connectivity index (χ3v) is 3.25. The van der Waals surface area contributed by atoms with E-state index in [1.807, 2.05) is 13.0 Å². The standard InChI is InChI=1S/C11H14BrNO2/c1-7-8(2-3-13)9(12)6-10-11(7)15-5-4-14-10/h6H,2-5,13H2,1H3. The Morgan fingerprint density at radius 3 is 2.87 bits per heavy atom. The molecule has 0 bridgehead atoms. The van der Waals surface area contributed by atoms with Gasteiger partial charge in [-0.1, -0.05) is 15.9 Å². The van der Waals surface area contributed by atoms with Gasteiger partial charge in [0.1, 0.15) is 13.2 Å². The van der Waals surface area contributed by atoms with Crippen LogP contribution in [0, 0.1) is 6.92 Å². The van der Waals surface area contributed by atoms with Crippen LogP contribution in [0.25, 0.3) is 0 Å². The summed E-state index contributed by atoms with van der Waals surface area (Å²) < 4.78 is 12.2.